The minimum Gasteiger partial charge on any atom is -0.349 e. The molecular formula is C17H25ClF2N2OS. The number of hydrogen-bond acceptors (Lipinski definition) is 3. The van der Waals surface area contributed by atoms with Gasteiger partial charge in [-0.25, -0.2) is 8.78 Å². The molecule has 1 aliphatic rings. The molecular weight excluding hydrogens is 354 g/mol. The fourth-order valence-corrected chi connectivity index (χ4v) is 3.64. The van der Waals surface area contributed by atoms with Gasteiger partial charge in [0, 0.05) is 42.1 Å². The van der Waals surface area contributed by atoms with E-state index in [1.165, 1.54) is 12.1 Å². The van der Waals surface area contributed by atoms with Gasteiger partial charge in [0.05, 0.1) is 6.04 Å². The Kier molecular flexibility index (Phi) is 7.96. The van der Waals surface area contributed by atoms with Gasteiger partial charge in [-0.05, 0) is 11.5 Å². The number of halogens is 3. The van der Waals surface area contributed by atoms with Crippen LogP contribution in [-0.2, 0) is 4.79 Å². The maximum atomic E-state index is 14.1. The standard InChI is InChI=1S/C17H24F2N2OS.ClH/c1-17(2,3)16(13-5-4-11(18)8-14(13)19)21-15(22)9-12-10-23-7-6-20-12;/h4-5,8,12,16,20H,6-7,9-10H2,1-3H3,(H,21,22);1H. The number of hydrogen-bond donors (Lipinski definition) is 2. The van der Waals surface area contributed by atoms with Gasteiger partial charge < -0.3 is 10.6 Å². The van der Waals surface area contributed by atoms with Crippen molar-refractivity contribution in [2.45, 2.75) is 39.3 Å². The van der Waals surface area contributed by atoms with E-state index in [0.29, 0.717) is 12.0 Å². The van der Waals surface area contributed by atoms with Crippen molar-refractivity contribution in [1.82, 2.24) is 10.6 Å². The number of amides is 1. The Balaban J connectivity index is 0.00000288. The van der Waals surface area contributed by atoms with E-state index in [-0.39, 0.29) is 29.8 Å². The normalized spacial score (nSPS) is 19.3. The van der Waals surface area contributed by atoms with E-state index in [1.54, 1.807) is 0 Å². The Morgan fingerprint density at radius 3 is 2.67 bits per heavy atom. The van der Waals surface area contributed by atoms with Gasteiger partial charge in [0.15, 0.2) is 0 Å². The molecule has 0 aliphatic carbocycles. The highest BCUT2D eigenvalue weighted by atomic mass is 35.5. The lowest BCUT2D eigenvalue weighted by molar-refractivity contribution is -0.123. The van der Waals surface area contributed by atoms with Crippen molar-refractivity contribution in [3.05, 3.63) is 35.4 Å². The third kappa shape index (κ3) is 5.90. The number of carbonyl (C=O) groups excluding carboxylic acids is 1. The molecule has 1 heterocycles. The summed E-state index contributed by atoms with van der Waals surface area (Å²) in [6, 6.07) is 3.14. The van der Waals surface area contributed by atoms with Crippen molar-refractivity contribution in [3.63, 3.8) is 0 Å². The van der Waals surface area contributed by atoms with E-state index in [9.17, 15) is 13.6 Å². The molecule has 1 aliphatic heterocycles. The average Bonchev–Trinajstić information content (AvgIpc) is 2.45. The molecule has 1 aromatic carbocycles. The summed E-state index contributed by atoms with van der Waals surface area (Å²) in [6.45, 7) is 6.68. The summed E-state index contributed by atoms with van der Waals surface area (Å²) >= 11 is 1.83. The van der Waals surface area contributed by atoms with Crippen LogP contribution in [0, 0.1) is 17.0 Å². The number of benzene rings is 1. The lowest BCUT2D eigenvalue weighted by Gasteiger charge is -2.33. The smallest absolute Gasteiger partial charge is 0.222 e. The highest BCUT2D eigenvalue weighted by molar-refractivity contribution is 7.99. The quantitative estimate of drug-likeness (QED) is 0.839. The largest absolute Gasteiger partial charge is 0.349 e. The van der Waals surface area contributed by atoms with E-state index in [4.69, 9.17) is 0 Å². The molecule has 0 spiro atoms. The van der Waals surface area contributed by atoms with E-state index in [1.807, 2.05) is 32.5 Å². The lowest BCUT2D eigenvalue weighted by atomic mass is 9.82. The fourth-order valence-electron chi connectivity index (χ4n) is 2.69. The molecule has 2 atom stereocenters. The molecule has 2 N–H and O–H groups in total. The third-order valence-electron chi connectivity index (χ3n) is 3.88. The van der Waals surface area contributed by atoms with E-state index in [2.05, 4.69) is 10.6 Å². The fraction of sp³-hybridized carbons (Fsp3) is 0.588. The topological polar surface area (TPSA) is 41.1 Å². The van der Waals surface area contributed by atoms with E-state index in [0.717, 1.165) is 24.1 Å². The molecule has 7 heteroatoms. The van der Waals surface area contributed by atoms with Crippen LogP contribution in [0.4, 0.5) is 8.78 Å². The highest BCUT2D eigenvalue weighted by Gasteiger charge is 2.31. The summed E-state index contributed by atoms with van der Waals surface area (Å²) in [4.78, 5) is 12.4. The summed E-state index contributed by atoms with van der Waals surface area (Å²) in [5, 5.41) is 6.25. The van der Waals surface area contributed by atoms with Crippen LogP contribution in [0.15, 0.2) is 18.2 Å². The van der Waals surface area contributed by atoms with Crippen LogP contribution in [0.5, 0.6) is 0 Å². The Morgan fingerprint density at radius 2 is 2.12 bits per heavy atom. The summed E-state index contributed by atoms with van der Waals surface area (Å²) in [5.74, 6) is 0.598. The van der Waals surface area contributed by atoms with Crippen LogP contribution in [0.2, 0.25) is 0 Å². The SMILES string of the molecule is CC(C)(C)C(NC(=O)CC1CSCCN1)c1ccc(F)cc1F.Cl. The zero-order chi connectivity index (χ0) is 17.0. The van der Waals surface area contributed by atoms with Gasteiger partial charge in [-0.2, -0.15) is 11.8 Å². The first-order valence-corrected chi connectivity index (χ1v) is 8.98. The molecule has 1 fully saturated rings. The van der Waals surface area contributed by atoms with Gasteiger partial charge in [-0.15, -0.1) is 12.4 Å². The zero-order valence-electron chi connectivity index (χ0n) is 14.2. The summed E-state index contributed by atoms with van der Waals surface area (Å²) in [5.41, 5.74) is -0.0680. The molecule has 2 rings (SSSR count). The first-order valence-electron chi connectivity index (χ1n) is 7.83. The van der Waals surface area contributed by atoms with Gasteiger partial charge in [-0.1, -0.05) is 26.8 Å². The van der Waals surface area contributed by atoms with Crippen LogP contribution >= 0.6 is 24.2 Å². The molecule has 1 aromatic rings. The predicted molar refractivity (Wildman–Crippen MR) is 97.7 cm³/mol. The van der Waals surface area contributed by atoms with Crippen molar-refractivity contribution in [1.29, 1.82) is 0 Å². The van der Waals surface area contributed by atoms with Gasteiger partial charge in [0.1, 0.15) is 11.6 Å². The zero-order valence-corrected chi connectivity index (χ0v) is 15.8. The Morgan fingerprint density at radius 1 is 1.42 bits per heavy atom. The third-order valence-corrected chi connectivity index (χ3v) is 5.01. The number of rotatable bonds is 4. The predicted octanol–water partition coefficient (Wildman–Crippen LogP) is 3.69. The number of nitrogens with one attached hydrogen (secondary N) is 2. The number of thioether (sulfide) groups is 1. The molecule has 0 saturated carbocycles. The van der Waals surface area contributed by atoms with Gasteiger partial charge >= 0.3 is 0 Å². The summed E-state index contributed by atoms with van der Waals surface area (Å²) in [6.07, 6.45) is 0.363. The molecule has 0 bridgehead atoms. The molecule has 1 saturated heterocycles. The maximum absolute atomic E-state index is 14.1. The van der Waals surface area contributed by atoms with Crippen molar-refractivity contribution >= 4 is 30.1 Å². The monoisotopic (exact) mass is 378 g/mol. The molecule has 0 aromatic heterocycles. The molecule has 2 unspecified atom stereocenters. The van der Waals surface area contributed by atoms with Crippen LogP contribution in [0.3, 0.4) is 0 Å². The molecule has 1 amide bonds. The molecule has 3 nitrogen and oxygen atoms in total. The second kappa shape index (κ2) is 9.02. The van der Waals surface area contributed by atoms with Crippen LogP contribution in [-0.4, -0.2) is 30.0 Å². The second-order valence-electron chi connectivity index (χ2n) is 6.96. The Labute approximate surface area is 152 Å². The van der Waals surface area contributed by atoms with E-state index < -0.39 is 17.7 Å². The first-order chi connectivity index (χ1) is 10.8. The van der Waals surface area contributed by atoms with Crippen LogP contribution < -0.4 is 10.6 Å². The lowest BCUT2D eigenvalue weighted by Crippen LogP contribution is -2.44. The van der Waals surface area contributed by atoms with Crippen molar-refractivity contribution in [2.75, 3.05) is 18.1 Å². The van der Waals surface area contributed by atoms with E-state index >= 15 is 0 Å². The Bertz CT molecular complexity index is 560. The van der Waals surface area contributed by atoms with Crippen LogP contribution in [0.25, 0.3) is 0 Å². The van der Waals surface area contributed by atoms with Crippen molar-refractivity contribution in [2.24, 2.45) is 5.41 Å². The first kappa shape index (κ1) is 21.2. The molecule has 24 heavy (non-hydrogen) atoms. The maximum Gasteiger partial charge on any atom is 0.222 e. The van der Waals surface area contributed by atoms with Crippen LogP contribution in [0.1, 0.15) is 38.8 Å². The van der Waals surface area contributed by atoms with Gasteiger partial charge in [-0.3, -0.25) is 4.79 Å². The highest BCUT2D eigenvalue weighted by Crippen LogP contribution is 2.34. The number of carbonyl (C=O) groups is 1. The van der Waals surface area contributed by atoms with Gasteiger partial charge in [0.25, 0.3) is 0 Å². The van der Waals surface area contributed by atoms with Crippen molar-refractivity contribution in [3.8, 4) is 0 Å². The minimum atomic E-state index is -0.628. The van der Waals surface area contributed by atoms with Crippen molar-refractivity contribution < 1.29 is 13.6 Å². The second-order valence-corrected chi connectivity index (χ2v) is 8.11. The summed E-state index contributed by atoms with van der Waals surface area (Å²) in [7, 11) is 0. The minimum absolute atomic E-state index is 0. The van der Waals surface area contributed by atoms with Gasteiger partial charge in [0.2, 0.25) is 5.91 Å². The summed E-state index contributed by atoms with van der Waals surface area (Å²) < 4.78 is 27.3. The molecule has 136 valence electrons. The average molecular weight is 379 g/mol. The Hall–Kier alpha value is -0.850. The molecule has 0 radical (unpaired) electrons.